The van der Waals surface area contributed by atoms with Crippen molar-refractivity contribution in [1.82, 2.24) is 0 Å². The molecule has 4 N–H and O–H groups in total. The van der Waals surface area contributed by atoms with Gasteiger partial charge in [-0.25, -0.2) is 8.78 Å². The number of rotatable bonds is 6. The molecule has 0 aliphatic rings. The maximum Gasteiger partial charge on any atom is 0.435 e. The Bertz CT molecular complexity index is 1150. The van der Waals surface area contributed by atoms with E-state index in [1.165, 1.54) is 0 Å². The van der Waals surface area contributed by atoms with E-state index in [0.717, 1.165) is -0.0619 Å². The number of hydrogen-bond acceptors (Lipinski definition) is 4. The van der Waals surface area contributed by atoms with Crippen LogP contribution in [0.1, 0.15) is 18.6 Å². The molecule has 0 fully saturated rings. The SMILES string of the molecule is C.IC(I)I.Nc1[c-]cc(C(F)(C(F)(F)F)C(F)(F)F)cc1OC(F)F.Nc1ccc(C(F)(C(F)(F)F)C(F)(F)F)cc1OC(F)F.[Y]. The van der Waals surface area contributed by atoms with Gasteiger partial charge in [-0.2, -0.15) is 82.4 Å². The number of ether oxygens (including phenoxy) is 2. The van der Waals surface area contributed by atoms with E-state index in [-0.39, 0.29) is 64.4 Å². The van der Waals surface area contributed by atoms with E-state index in [2.05, 4.69) is 77.2 Å². The third-order valence-electron chi connectivity index (χ3n) is 4.74. The summed E-state index contributed by atoms with van der Waals surface area (Å²) in [6, 6.07) is 1.70. The van der Waals surface area contributed by atoms with Crippen LogP contribution in [-0.2, 0) is 44.0 Å². The van der Waals surface area contributed by atoms with Crippen molar-refractivity contribution in [2.45, 2.75) is 56.6 Å². The van der Waals surface area contributed by atoms with Gasteiger partial charge < -0.3 is 20.9 Å². The number of halogens is 21. The van der Waals surface area contributed by atoms with Crippen molar-refractivity contribution in [2.75, 3.05) is 11.5 Å². The Labute approximate surface area is 324 Å². The molecule has 1 radical (unpaired) electrons. The summed E-state index contributed by atoms with van der Waals surface area (Å²) in [7, 11) is 0. The van der Waals surface area contributed by atoms with Gasteiger partial charge in [-0.05, 0) is 17.8 Å². The average Bonchev–Trinajstić information content (AvgIpc) is 2.82. The van der Waals surface area contributed by atoms with E-state index in [1.807, 2.05) is 0 Å². The molecule has 0 aliphatic heterocycles. The zero-order valence-electron chi connectivity index (χ0n) is 21.6. The molecular formula is C22H16F18I3N2O2Y-. The second kappa shape index (κ2) is 19.5. The van der Waals surface area contributed by atoms with E-state index in [9.17, 15) is 79.0 Å². The normalized spacial score (nSPS) is 12.7. The average molecular weight is 1150 g/mol. The molecule has 0 aliphatic carbocycles. The maximum absolute atomic E-state index is 13.7. The number of hydrogen-bond donors (Lipinski definition) is 2. The molecule has 0 heterocycles. The van der Waals surface area contributed by atoms with Gasteiger partial charge >= 0.3 is 43.6 Å². The van der Waals surface area contributed by atoms with Crippen LogP contribution in [0.4, 0.5) is 90.4 Å². The monoisotopic (exact) mass is 1150 g/mol. The fraction of sp³-hybridized carbons (Fsp3) is 0.455. The van der Waals surface area contributed by atoms with Crippen LogP contribution in [0.5, 0.6) is 11.5 Å². The third-order valence-corrected chi connectivity index (χ3v) is 4.74. The molecule has 0 saturated heterocycles. The Hall–Kier alpha value is -0.326. The number of anilines is 2. The van der Waals surface area contributed by atoms with E-state index >= 15 is 0 Å². The summed E-state index contributed by atoms with van der Waals surface area (Å²) >= 11 is 6.95. The minimum absolute atomic E-state index is 0. The van der Waals surface area contributed by atoms with Crippen LogP contribution in [0.3, 0.4) is 0 Å². The Morgan fingerprint density at radius 3 is 1.23 bits per heavy atom. The van der Waals surface area contributed by atoms with Gasteiger partial charge in [0.2, 0.25) is 0 Å². The molecule has 2 rings (SSSR count). The summed E-state index contributed by atoms with van der Waals surface area (Å²) in [5.41, 5.74) is -6.92. The Balaban J connectivity index is -0.000000731. The zero-order valence-corrected chi connectivity index (χ0v) is 30.9. The van der Waals surface area contributed by atoms with Gasteiger partial charge in [0.15, 0.2) is 0 Å². The van der Waals surface area contributed by atoms with Crippen LogP contribution in [0.25, 0.3) is 0 Å². The van der Waals surface area contributed by atoms with Crippen molar-refractivity contribution in [2.24, 2.45) is 0 Å². The van der Waals surface area contributed by atoms with Crippen LogP contribution in [0.2, 0.25) is 0 Å². The quantitative estimate of drug-likeness (QED) is 0.0994. The Morgan fingerprint density at radius 2 is 0.896 bits per heavy atom. The van der Waals surface area contributed by atoms with Crippen LogP contribution in [0.15, 0.2) is 30.3 Å². The molecule has 4 nitrogen and oxygen atoms in total. The van der Waals surface area contributed by atoms with Gasteiger partial charge in [0, 0.05) is 44.0 Å². The van der Waals surface area contributed by atoms with Gasteiger partial charge in [0.05, 0.1) is 5.69 Å². The molecule has 26 heteroatoms. The van der Waals surface area contributed by atoms with Crippen LogP contribution >= 0.6 is 67.8 Å². The molecule has 0 unspecified atom stereocenters. The molecule has 0 atom stereocenters. The number of nitrogens with two attached hydrogens (primary N) is 2. The molecule has 0 amide bonds. The fourth-order valence-corrected chi connectivity index (χ4v) is 2.80. The Morgan fingerprint density at radius 1 is 0.583 bits per heavy atom. The third kappa shape index (κ3) is 13.7. The van der Waals surface area contributed by atoms with Crippen molar-refractivity contribution in [3.05, 3.63) is 47.5 Å². The van der Waals surface area contributed by atoms with Gasteiger partial charge in [-0.3, -0.25) is 0 Å². The van der Waals surface area contributed by atoms with Crippen molar-refractivity contribution in [1.29, 1.82) is 0 Å². The largest absolute Gasteiger partial charge is 0.497 e. The molecule has 0 bridgehead atoms. The molecule has 48 heavy (non-hydrogen) atoms. The smallest absolute Gasteiger partial charge is 0.435 e. The van der Waals surface area contributed by atoms with Crippen molar-refractivity contribution >= 4 is 79.1 Å². The van der Waals surface area contributed by atoms with Crippen LogP contribution in [-0.4, -0.2) is 37.9 Å². The first-order valence-electron chi connectivity index (χ1n) is 10.5. The minimum atomic E-state index is -6.38. The minimum Gasteiger partial charge on any atom is -0.497 e. The fourth-order valence-electron chi connectivity index (χ4n) is 2.80. The standard InChI is InChI=1S/C10H6F9NO.C10H5F9NO.CHI3.CH4.Y/c2*11-7(12)21-6-3-4(1-2-5(6)20)8(13,9(14,15)16)10(17,18)19;2-1(3)4;;/h1-3,7H,20H2;1,3,7H,20H2;1H;1H4;/q;-1;;;. The molecule has 2 aromatic rings. The van der Waals surface area contributed by atoms with Crippen molar-refractivity contribution in [3.63, 3.8) is 0 Å². The van der Waals surface area contributed by atoms with Crippen LogP contribution < -0.4 is 20.9 Å². The summed E-state index contributed by atoms with van der Waals surface area (Å²) in [5, 5.41) is 0. The first-order chi connectivity index (χ1) is 20.3. The van der Waals surface area contributed by atoms with Gasteiger partial charge in [0.25, 0.3) is 5.67 Å². The van der Waals surface area contributed by atoms with Crippen molar-refractivity contribution < 1.29 is 121 Å². The Kier molecular flexibility index (Phi) is 21.1. The van der Waals surface area contributed by atoms with E-state index in [0.29, 0.717) is 6.07 Å². The van der Waals surface area contributed by atoms with Gasteiger partial charge in [0.1, 0.15) is 5.69 Å². The predicted octanol–water partition coefficient (Wildman–Crippen LogP) is 11.3. The summed E-state index contributed by atoms with van der Waals surface area (Å²) in [6.07, 6.45) is -25.5. The summed E-state index contributed by atoms with van der Waals surface area (Å²) in [5.74, 6) is -2.45. The molecular weight excluding hydrogens is 1140 g/mol. The van der Waals surface area contributed by atoms with E-state index in [4.69, 9.17) is 11.5 Å². The van der Waals surface area contributed by atoms with Gasteiger partial charge in [-0.15, -0.1) is 6.07 Å². The second-order valence-electron chi connectivity index (χ2n) is 7.73. The number of nitrogen functional groups attached to an aromatic ring is 2. The second-order valence-corrected chi connectivity index (χ2v) is 18.6. The number of alkyl halides is 21. The molecule has 0 saturated carbocycles. The molecule has 2 aromatic carbocycles. The summed E-state index contributed by atoms with van der Waals surface area (Å²) < 4.78 is 233. The van der Waals surface area contributed by atoms with Crippen molar-refractivity contribution in [3.8, 4) is 11.5 Å². The summed E-state index contributed by atoms with van der Waals surface area (Å²) in [4.78, 5) is 0. The molecule has 0 spiro atoms. The van der Waals surface area contributed by atoms with Gasteiger partial charge in [-0.1, -0.05) is 86.8 Å². The predicted molar refractivity (Wildman–Crippen MR) is 156 cm³/mol. The topological polar surface area (TPSA) is 70.5 Å². The first kappa shape index (κ1) is 52.0. The maximum atomic E-state index is 13.7. The molecule has 0 aromatic heterocycles. The summed E-state index contributed by atoms with van der Waals surface area (Å²) in [6.45, 7) is -7.14. The van der Waals surface area contributed by atoms with E-state index < -0.39 is 83.3 Å². The zero-order chi connectivity index (χ0) is 36.9. The molecule has 277 valence electrons. The van der Waals surface area contributed by atoms with Crippen LogP contribution in [0, 0.1) is 6.07 Å². The first-order valence-corrected chi connectivity index (χ1v) is 14.3. The number of benzene rings is 2. The van der Waals surface area contributed by atoms with E-state index in [1.54, 1.807) is 6.07 Å².